The molecular weight excluding hydrogens is 264 g/mol. The number of methoxy groups -OCH3 is 2. The molecule has 4 nitrogen and oxygen atoms in total. The number of hydrogen-bond acceptors (Lipinski definition) is 4. The van der Waals surface area contributed by atoms with Gasteiger partial charge in [-0.1, -0.05) is 24.6 Å². The average molecular weight is 292 g/mol. The van der Waals surface area contributed by atoms with Crippen molar-refractivity contribution >= 4 is 0 Å². The summed E-state index contributed by atoms with van der Waals surface area (Å²) in [4.78, 5) is 2.58. The summed E-state index contributed by atoms with van der Waals surface area (Å²) in [7, 11) is 3.50. The van der Waals surface area contributed by atoms with Gasteiger partial charge >= 0.3 is 0 Å². The lowest BCUT2D eigenvalue weighted by molar-refractivity contribution is 0.132. The maximum atomic E-state index is 5.48. The number of para-hydroxylation sites is 1. The van der Waals surface area contributed by atoms with Gasteiger partial charge in [-0.25, -0.2) is 0 Å². The summed E-state index contributed by atoms with van der Waals surface area (Å²) >= 11 is 0. The zero-order valence-corrected chi connectivity index (χ0v) is 13.3. The van der Waals surface area contributed by atoms with E-state index in [1.54, 1.807) is 14.2 Å². The van der Waals surface area contributed by atoms with E-state index in [1.165, 1.54) is 31.4 Å². The smallest absolute Gasteiger partial charge is 0.123 e. The molecular formula is C17H28N2O2. The van der Waals surface area contributed by atoms with Gasteiger partial charge in [0.05, 0.1) is 13.7 Å². The molecule has 1 unspecified atom stereocenters. The minimum absolute atomic E-state index is 0.612. The molecule has 1 aliphatic heterocycles. The number of nitrogens with one attached hydrogen (secondary N) is 1. The summed E-state index contributed by atoms with van der Waals surface area (Å²) in [6, 6.07) is 8.95. The van der Waals surface area contributed by atoms with E-state index in [1.807, 2.05) is 12.1 Å². The van der Waals surface area contributed by atoms with Crippen molar-refractivity contribution < 1.29 is 9.47 Å². The molecule has 1 N–H and O–H groups in total. The van der Waals surface area contributed by atoms with E-state index < -0.39 is 0 Å². The minimum Gasteiger partial charge on any atom is -0.496 e. The van der Waals surface area contributed by atoms with Gasteiger partial charge in [0.15, 0.2) is 0 Å². The summed E-state index contributed by atoms with van der Waals surface area (Å²) < 4.78 is 10.6. The zero-order valence-electron chi connectivity index (χ0n) is 13.3. The fourth-order valence-electron chi connectivity index (χ4n) is 2.99. The van der Waals surface area contributed by atoms with Gasteiger partial charge in [0.25, 0.3) is 0 Å². The maximum Gasteiger partial charge on any atom is 0.123 e. The van der Waals surface area contributed by atoms with Gasteiger partial charge in [0.2, 0.25) is 0 Å². The Morgan fingerprint density at radius 2 is 2.10 bits per heavy atom. The number of ether oxygens (including phenoxy) is 2. The van der Waals surface area contributed by atoms with Crippen molar-refractivity contribution in [1.29, 1.82) is 0 Å². The Kier molecular flexibility index (Phi) is 7.00. The summed E-state index contributed by atoms with van der Waals surface area (Å²) in [6.45, 7) is 4.89. The van der Waals surface area contributed by atoms with Crippen LogP contribution in [0.2, 0.25) is 0 Å². The number of hydrogen-bond donors (Lipinski definition) is 1. The second-order valence-corrected chi connectivity index (χ2v) is 5.63. The number of benzene rings is 1. The number of rotatable bonds is 8. The first-order valence-electron chi connectivity index (χ1n) is 7.90. The zero-order chi connectivity index (χ0) is 14.9. The van der Waals surface area contributed by atoms with Gasteiger partial charge in [-0.15, -0.1) is 0 Å². The van der Waals surface area contributed by atoms with Crippen molar-refractivity contribution in [2.24, 2.45) is 0 Å². The van der Waals surface area contributed by atoms with Gasteiger partial charge in [0.1, 0.15) is 5.75 Å². The number of piperidine rings is 1. The summed E-state index contributed by atoms with van der Waals surface area (Å²) in [5.74, 6) is 0.995. The topological polar surface area (TPSA) is 33.7 Å². The van der Waals surface area contributed by atoms with Crippen LogP contribution in [0.3, 0.4) is 0 Å². The molecule has 0 spiro atoms. The predicted octanol–water partition coefficient (Wildman–Crippen LogP) is 2.29. The SMILES string of the molecule is COCCNCC1CCCCN1Cc1ccccc1OC. The Bertz CT molecular complexity index is 412. The van der Waals surface area contributed by atoms with Crippen LogP contribution in [0.5, 0.6) is 5.75 Å². The van der Waals surface area contributed by atoms with Crippen LogP contribution in [0, 0.1) is 0 Å². The highest BCUT2D eigenvalue weighted by Gasteiger charge is 2.22. The van der Waals surface area contributed by atoms with Crippen molar-refractivity contribution in [3.8, 4) is 5.75 Å². The Balaban J connectivity index is 1.91. The van der Waals surface area contributed by atoms with Crippen molar-refractivity contribution in [1.82, 2.24) is 10.2 Å². The molecule has 1 aromatic carbocycles. The van der Waals surface area contributed by atoms with Crippen LogP contribution in [0.4, 0.5) is 0 Å². The molecule has 0 radical (unpaired) electrons. The lowest BCUT2D eigenvalue weighted by atomic mass is 10.0. The Labute approximate surface area is 128 Å². The highest BCUT2D eigenvalue weighted by Crippen LogP contribution is 2.24. The lowest BCUT2D eigenvalue weighted by Crippen LogP contribution is -2.45. The van der Waals surface area contributed by atoms with Gasteiger partial charge < -0.3 is 14.8 Å². The molecule has 1 fully saturated rings. The fourth-order valence-corrected chi connectivity index (χ4v) is 2.99. The van der Waals surface area contributed by atoms with Crippen LogP contribution < -0.4 is 10.1 Å². The summed E-state index contributed by atoms with van der Waals surface area (Å²) in [5.41, 5.74) is 1.28. The third-order valence-electron chi connectivity index (χ3n) is 4.18. The number of likely N-dealkylation sites (tertiary alicyclic amines) is 1. The van der Waals surface area contributed by atoms with Gasteiger partial charge in [-0.05, 0) is 25.5 Å². The van der Waals surface area contributed by atoms with E-state index in [2.05, 4.69) is 22.3 Å². The molecule has 1 saturated heterocycles. The first kappa shape index (κ1) is 16.3. The average Bonchev–Trinajstić information content (AvgIpc) is 2.53. The molecule has 0 saturated carbocycles. The lowest BCUT2D eigenvalue weighted by Gasteiger charge is -2.36. The van der Waals surface area contributed by atoms with Gasteiger partial charge in [0, 0.05) is 38.3 Å². The molecule has 1 aliphatic rings. The first-order chi connectivity index (χ1) is 10.3. The quantitative estimate of drug-likeness (QED) is 0.745. The number of nitrogens with zero attached hydrogens (tertiary/aromatic N) is 1. The molecule has 0 aromatic heterocycles. The van der Waals surface area contributed by atoms with Gasteiger partial charge in [-0.2, -0.15) is 0 Å². The fraction of sp³-hybridized carbons (Fsp3) is 0.647. The standard InChI is InChI=1S/C17H28N2O2/c1-20-12-10-18-13-16-8-5-6-11-19(16)14-15-7-3-4-9-17(15)21-2/h3-4,7,9,16,18H,5-6,8,10-14H2,1-2H3. The molecule has 21 heavy (non-hydrogen) atoms. The molecule has 0 aliphatic carbocycles. The van der Waals surface area contributed by atoms with Gasteiger partial charge in [-0.3, -0.25) is 4.90 Å². The largest absolute Gasteiger partial charge is 0.496 e. The van der Waals surface area contributed by atoms with Crippen LogP contribution in [0.15, 0.2) is 24.3 Å². The van der Waals surface area contributed by atoms with E-state index in [-0.39, 0.29) is 0 Å². The van der Waals surface area contributed by atoms with E-state index in [0.717, 1.165) is 32.0 Å². The summed E-state index contributed by atoms with van der Waals surface area (Å²) in [6.07, 6.45) is 3.90. The molecule has 118 valence electrons. The Morgan fingerprint density at radius 1 is 1.24 bits per heavy atom. The van der Waals surface area contributed by atoms with E-state index in [4.69, 9.17) is 9.47 Å². The van der Waals surface area contributed by atoms with Crippen molar-refractivity contribution in [2.75, 3.05) is 40.5 Å². The van der Waals surface area contributed by atoms with Crippen LogP contribution in [0.1, 0.15) is 24.8 Å². The molecule has 1 atom stereocenters. The predicted molar refractivity (Wildman–Crippen MR) is 85.8 cm³/mol. The van der Waals surface area contributed by atoms with Crippen LogP contribution >= 0.6 is 0 Å². The summed E-state index contributed by atoms with van der Waals surface area (Å²) in [5, 5.41) is 3.50. The van der Waals surface area contributed by atoms with Crippen LogP contribution in [-0.2, 0) is 11.3 Å². The second kappa shape index (κ2) is 9.03. The molecule has 1 aromatic rings. The van der Waals surface area contributed by atoms with Crippen molar-refractivity contribution in [3.63, 3.8) is 0 Å². The monoisotopic (exact) mass is 292 g/mol. The second-order valence-electron chi connectivity index (χ2n) is 5.63. The molecule has 2 rings (SSSR count). The molecule has 0 bridgehead atoms. The molecule has 0 amide bonds. The minimum atomic E-state index is 0.612. The third kappa shape index (κ3) is 4.99. The van der Waals surface area contributed by atoms with E-state index >= 15 is 0 Å². The van der Waals surface area contributed by atoms with Crippen molar-refractivity contribution in [2.45, 2.75) is 31.8 Å². The molecule has 1 heterocycles. The maximum absolute atomic E-state index is 5.48. The normalized spacial score (nSPS) is 19.6. The van der Waals surface area contributed by atoms with E-state index in [0.29, 0.717) is 6.04 Å². The van der Waals surface area contributed by atoms with E-state index in [9.17, 15) is 0 Å². The Morgan fingerprint density at radius 3 is 2.90 bits per heavy atom. The third-order valence-corrected chi connectivity index (χ3v) is 4.18. The highest BCUT2D eigenvalue weighted by molar-refractivity contribution is 5.33. The first-order valence-corrected chi connectivity index (χ1v) is 7.90. The van der Waals surface area contributed by atoms with Crippen LogP contribution in [0.25, 0.3) is 0 Å². The van der Waals surface area contributed by atoms with Crippen LogP contribution in [-0.4, -0.2) is 51.4 Å². The molecule has 4 heteroatoms. The van der Waals surface area contributed by atoms with Crippen molar-refractivity contribution in [3.05, 3.63) is 29.8 Å². The Hall–Kier alpha value is -1.10. The highest BCUT2D eigenvalue weighted by atomic mass is 16.5.